The highest BCUT2D eigenvalue weighted by Gasteiger charge is 2.10. The Morgan fingerprint density at radius 3 is 3.33 bits per heavy atom. The molecule has 0 amide bonds. The minimum Gasteiger partial charge on any atom is -0.378 e. The fraction of sp³-hybridized carbons (Fsp3) is 0.556. The molecule has 12 heavy (non-hydrogen) atoms. The van der Waals surface area contributed by atoms with Crippen LogP contribution in [0.4, 0.5) is 0 Å². The predicted octanol–water partition coefficient (Wildman–Crippen LogP) is 0.738. The van der Waals surface area contributed by atoms with Crippen LogP contribution in [0.5, 0.6) is 0 Å². The van der Waals surface area contributed by atoms with Crippen LogP contribution in [0.1, 0.15) is 11.4 Å². The summed E-state index contributed by atoms with van der Waals surface area (Å²) >= 11 is 0. The van der Waals surface area contributed by atoms with Crippen molar-refractivity contribution in [1.29, 1.82) is 0 Å². The van der Waals surface area contributed by atoms with Gasteiger partial charge in [0.15, 0.2) is 0 Å². The van der Waals surface area contributed by atoms with Crippen molar-refractivity contribution in [3.63, 3.8) is 0 Å². The molecule has 1 aromatic rings. The molecule has 3 heteroatoms. The summed E-state index contributed by atoms with van der Waals surface area (Å²) in [5.74, 6) is 0. The maximum atomic E-state index is 5.11. The maximum Gasteiger partial charge on any atom is 0.0864 e. The first-order valence-corrected chi connectivity index (χ1v) is 4.29. The van der Waals surface area contributed by atoms with E-state index in [1.165, 1.54) is 11.4 Å². The lowest BCUT2D eigenvalue weighted by molar-refractivity contribution is 0.177. The summed E-state index contributed by atoms with van der Waals surface area (Å²) in [7, 11) is 1.74. The zero-order valence-electron chi connectivity index (χ0n) is 7.34. The Morgan fingerprint density at radius 2 is 2.50 bits per heavy atom. The minimum absolute atomic E-state index is 0.722. The van der Waals surface area contributed by atoms with Gasteiger partial charge < -0.3 is 14.6 Å². The lowest BCUT2D eigenvalue weighted by Crippen LogP contribution is -2.28. The zero-order valence-corrected chi connectivity index (χ0v) is 7.34. The molecule has 0 fully saturated rings. The van der Waals surface area contributed by atoms with Crippen LogP contribution in [0.3, 0.4) is 0 Å². The van der Waals surface area contributed by atoms with Crippen molar-refractivity contribution in [3.8, 4) is 0 Å². The molecule has 0 spiro atoms. The summed E-state index contributed by atoms with van der Waals surface area (Å²) in [5.41, 5.74) is 2.65. The monoisotopic (exact) mass is 166 g/mol. The van der Waals surface area contributed by atoms with Gasteiger partial charge in [0.2, 0.25) is 0 Å². The number of aromatic nitrogens is 1. The molecular weight excluding hydrogens is 152 g/mol. The van der Waals surface area contributed by atoms with Crippen molar-refractivity contribution in [2.24, 2.45) is 0 Å². The van der Waals surface area contributed by atoms with Gasteiger partial charge in [0.1, 0.15) is 0 Å². The van der Waals surface area contributed by atoms with Crippen molar-refractivity contribution in [3.05, 3.63) is 23.5 Å². The molecule has 66 valence electrons. The highest BCUT2D eigenvalue weighted by Crippen LogP contribution is 2.12. The Bertz CT molecular complexity index is 267. The molecule has 3 nitrogen and oxygen atoms in total. The average molecular weight is 166 g/mol. The zero-order chi connectivity index (χ0) is 8.39. The lowest BCUT2D eigenvalue weighted by atomic mass is 10.3. The number of nitrogens with one attached hydrogen (secondary N) is 1. The first kappa shape index (κ1) is 7.83. The summed E-state index contributed by atoms with van der Waals surface area (Å²) < 4.78 is 7.44. The van der Waals surface area contributed by atoms with Crippen molar-refractivity contribution >= 4 is 0 Å². The Morgan fingerprint density at radius 1 is 1.58 bits per heavy atom. The number of fused-ring (bicyclic) bond motifs is 1. The molecule has 0 saturated heterocycles. The third-order valence-corrected chi connectivity index (χ3v) is 2.27. The van der Waals surface area contributed by atoms with Gasteiger partial charge in [-0.1, -0.05) is 0 Å². The van der Waals surface area contributed by atoms with E-state index in [1.54, 1.807) is 7.11 Å². The van der Waals surface area contributed by atoms with Gasteiger partial charge in [0.25, 0.3) is 0 Å². The minimum atomic E-state index is 0.722. The van der Waals surface area contributed by atoms with Gasteiger partial charge in [0.05, 0.1) is 6.61 Å². The van der Waals surface area contributed by atoms with Crippen LogP contribution < -0.4 is 5.32 Å². The molecule has 1 aliphatic rings. The molecule has 1 aliphatic heterocycles. The van der Waals surface area contributed by atoms with Gasteiger partial charge in [-0.25, -0.2) is 0 Å². The summed E-state index contributed by atoms with van der Waals surface area (Å²) in [4.78, 5) is 0. The molecule has 0 bridgehead atoms. The van der Waals surface area contributed by atoms with Gasteiger partial charge in [-0.2, -0.15) is 0 Å². The fourth-order valence-corrected chi connectivity index (χ4v) is 1.68. The van der Waals surface area contributed by atoms with E-state index in [0.29, 0.717) is 0 Å². The first-order valence-electron chi connectivity index (χ1n) is 4.29. The first-order chi connectivity index (χ1) is 5.92. The van der Waals surface area contributed by atoms with Crippen LogP contribution in [-0.2, 0) is 24.4 Å². The quantitative estimate of drug-likeness (QED) is 0.701. The molecule has 0 atom stereocenters. The summed E-state index contributed by atoms with van der Waals surface area (Å²) in [6.07, 6.45) is 0. The molecule has 2 heterocycles. The second-order valence-corrected chi connectivity index (χ2v) is 3.08. The average Bonchev–Trinajstić information content (AvgIpc) is 2.50. The molecule has 1 N–H and O–H groups in total. The van der Waals surface area contributed by atoms with E-state index in [9.17, 15) is 0 Å². The smallest absolute Gasteiger partial charge is 0.0864 e. The highest BCUT2D eigenvalue weighted by atomic mass is 16.5. The Hall–Kier alpha value is -0.800. The number of methoxy groups -OCH3 is 1. The van der Waals surface area contributed by atoms with Crippen LogP contribution in [-0.4, -0.2) is 18.2 Å². The van der Waals surface area contributed by atoms with Crippen molar-refractivity contribution < 1.29 is 4.74 Å². The van der Waals surface area contributed by atoms with Crippen molar-refractivity contribution in [2.75, 3.05) is 13.7 Å². The standard InChI is InChI=1S/C9H14N2O/c1-12-7-9-3-2-8-6-10-4-5-11(8)9/h2-3,10H,4-7H2,1H3. The number of ether oxygens (including phenoxy) is 1. The molecule has 0 aliphatic carbocycles. The number of hydrogen-bond acceptors (Lipinski definition) is 2. The number of nitrogens with zero attached hydrogens (tertiary/aromatic N) is 1. The van der Waals surface area contributed by atoms with Crippen LogP contribution in [0, 0.1) is 0 Å². The summed E-state index contributed by atoms with van der Waals surface area (Å²) in [6, 6.07) is 4.31. The Labute approximate surface area is 72.3 Å². The molecule has 0 aromatic carbocycles. The second kappa shape index (κ2) is 3.29. The Kier molecular flexibility index (Phi) is 2.15. The normalized spacial score (nSPS) is 16.1. The van der Waals surface area contributed by atoms with E-state index in [0.717, 1.165) is 26.2 Å². The third kappa shape index (κ3) is 1.26. The molecule has 1 aromatic heterocycles. The SMILES string of the molecule is COCc1ccc2n1CCNC2. The van der Waals surface area contributed by atoms with E-state index < -0.39 is 0 Å². The number of rotatable bonds is 2. The lowest BCUT2D eigenvalue weighted by Gasteiger charge is -2.18. The van der Waals surface area contributed by atoms with E-state index in [4.69, 9.17) is 4.74 Å². The molecule has 0 unspecified atom stereocenters. The van der Waals surface area contributed by atoms with Gasteiger partial charge in [-0.3, -0.25) is 0 Å². The van der Waals surface area contributed by atoms with Gasteiger partial charge >= 0.3 is 0 Å². The van der Waals surface area contributed by atoms with Crippen LogP contribution in [0.2, 0.25) is 0 Å². The fourth-order valence-electron chi connectivity index (χ4n) is 1.68. The summed E-state index contributed by atoms with van der Waals surface area (Å²) in [6.45, 7) is 3.85. The predicted molar refractivity (Wildman–Crippen MR) is 46.9 cm³/mol. The van der Waals surface area contributed by atoms with Gasteiger partial charge in [-0.05, 0) is 12.1 Å². The number of hydrogen-bond donors (Lipinski definition) is 1. The van der Waals surface area contributed by atoms with Crippen LogP contribution in [0.15, 0.2) is 12.1 Å². The van der Waals surface area contributed by atoms with Crippen LogP contribution in [0.25, 0.3) is 0 Å². The van der Waals surface area contributed by atoms with E-state index in [2.05, 4.69) is 22.0 Å². The molecule has 0 radical (unpaired) electrons. The van der Waals surface area contributed by atoms with Gasteiger partial charge in [0, 0.05) is 38.1 Å². The van der Waals surface area contributed by atoms with Crippen molar-refractivity contribution in [2.45, 2.75) is 19.7 Å². The topological polar surface area (TPSA) is 26.2 Å². The van der Waals surface area contributed by atoms with Gasteiger partial charge in [-0.15, -0.1) is 0 Å². The third-order valence-electron chi connectivity index (χ3n) is 2.27. The van der Waals surface area contributed by atoms with E-state index in [1.807, 2.05) is 0 Å². The summed E-state index contributed by atoms with van der Waals surface area (Å²) in [5, 5.41) is 3.33. The largest absolute Gasteiger partial charge is 0.378 e. The maximum absolute atomic E-state index is 5.11. The molecule has 0 saturated carbocycles. The second-order valence-electron chi connectivity index (χ2n) is 3.08. The highest BCUT2D eigenvalue weighted by molar-refractivity contribution is 5.17. The molecular formula is C9H14N2O. The van der Waals surface area contributed by atoms with E-state index >= 15 is 0 Å². The molecule has 2 rings (SSSR count). The van der Waals surface area contributed by atoms with Crippen molar-refractivity contribution in [1.82, 2.24) is 9.88 Å². The Balaban J connectivity index is 2.25. The van der Waals surface area contributed by atoms with E-state index in [-0.39, 0.29) is 0 Å². The van der Waals surface area contributed by atoms with Crippen LogP contribution >= 0.6 is 0 Å².